The highest BCUT2D eigenvalue weighted by molar-refractivity contribution is 5.21. The lowest BCUT2D eigenvalue weighted by Crippen LogP contribution is -2.01. The summed E-state index contributed by atoms with van der Waals surface area (Å²) in [5.41, 5.74) is 10.8. The van der Waals surface area contributed by atoms with E-state index in [9.17, 15) is 0 Å². The Morgan fingerprint density at radius 3 is 1.71 bits per heavy atom. The Kier molecular flexibility index (Phi) is 1.80. The number of H-pyrrole nitrogens is 2. The van der Waals surface area contributed by atoms with Gasteiger partial charge < -0.3 is 11.5 Å². The summed E-state index contributed by atoms with van der Waals surface area (Å²) in [6, 6.07) is 0. The first-order chi connectivity index (χ1) is 6.66. The van der Waals surface area contributed by atoms with E-state index in [1.807, 2.05) is 6.92 Å². The van der Waals surface area contributed by atoms with Crippen LogP contribution in [0.1, 0.15) is 24.5 Å². The van der Waals surface area contributed by atoms with Gasteiger partial charge in [0, 0.05) is 0 Å². The first kappa shape index (κ1) is 8.48. The monoisotopic (exact) mass is 194 g/mol. The van der Waals surface area contributed by atoms with Gasteiger partial charge in [-0.3, -0.25) is 10.2 Å². The van der Waals surface area contributed by atoms with Crippen LogP contribution >= 0.6 is 0 Å². The Morgan fingerprint density at radius 2 is 1.43 bits per heavy atom. The van der Waals surface area contributed by atoms with Gasteiger partial charge in [0.25, 0.3) is 0 Å². The lowest BCUT2D eigenvalue weighted by Gasteiger charge is -2.01. The van der Waals surface area contributed by atoms with Crippen LogP contribution in [-0.2, 0) is 0 Å². The molecule has 8 nitrogen and oxygen atoms in total. The minimum atomic E-state index is -0.0930. The number of hydrogen-bond donors (Lipinski definition) is 4. The molecule has 14 heavy (non-hydrogen) atoms. The summed E-state index contributed by atoms with van der Waals surface area (Å²) < 4.78 is 0. The van der Waals surface area contributed by atoms with E-state index in [-0.39, 0.29) is 17.8 Å². The maximum atomic E-state index is 5.38. The molecular weight excluding hydrogens is 184 g/mol. The smallest absolute Gasteiger partial charge is 0.239 e. The summed E-state index contributed by atoms with van der Waals surface area (Å²) in [5.74, 6) is 1.57. The van der Waals surface area contributed by atoms with E-state index in [4.69, 9.17) is 11.5 Å². The summed E-state index contributed by atoms with van der Waals surface area (Å²) in [6.07, 6.45) is 0. The summed E-state index contributed by atoms with van der Waals surface area (Å²) >= 11 is 0. The molecule has 8 heteroatoms. The zero-order valence-electron chi connectivity index (χ0n) is 7.52. The van der Waals surface area contributed by atoms with Crippen molar-refractivity contribution >= 4 is 11.9 Å². The highest BCUT2D eigenvalue weighted by atomic mass is 15.3. The molecule has 0 saturated heterocycles. The molecule has 0 atom stereocenters. The van der Waals surface area contributed by atoms with Gasteiger partial charge in [0.15, 0.2) is 0 Å². The number of rotatable bonds is 2. The molecule has 0 unspecified atom stereocenters. The van der Waals surface area contributed by atoms with Crippen LogP contribution in [0.5, 0.6) is 0 Å². The molecule has 0 aliphatic rings. The van der Waals surface area contributed by atoms with Gasteiger partial charge in [0.1, 0.15) is 11.6 Å². The fraction of sp³-hybridized carbons (Fsp3) is 0.333. The van der Waals surface area contributed by atoms with Gasteiger partial charge in [-0.25, -0.2) is 0 Å². The molecule has 0 aliphatic heterocycles. The van der Waals surface area contributed by atoms with Crippen LogP contribution in [0.25, 0.3) is 0 Å². The summed E-state index contributed by atoms with van der Waals surface area (Å²) in [5, 5.41) is 12.8. The number of aromatic nitrogens is 6. The van der Waals surface area contributed by atoms with E-state index < -0.39 is 0 Å². The van der Waals surface area contributed by atoms with Gasteiger partial charge in [-0.15, -0.1) is 10.2 Å². The van der Waals surface area contributed by atoms with Crippen molar-refractivity contribution < 1.29 is 0 Å². The van der Waals surface area contributed by atoms with Crippen molar-refractivity contribution in [2.75, 3.05) is 11.5 Å². The van der Waals surface area contributed by atoms with Crippen LogP contribution < -0.4 is 11.5 Å². The predicted octanol–water partition coefficient (Wildman–Crippen LogP) is -0.761. The predicted molar refractivity (Wildman–Crippen MR) is 49.1 cm³/mol. The minimum Gasteiger partial charge on any atom is -0.367 e. The summed E-state index contributed by atoms with van der Waals surface area (Å²) in [7, 11) is 0. The third-order valence-corrected chi connectivity index (χ3v) is 1.86. The van der Waals surface area contributed by atoms with Crippen molar-refractivity contribution in [3.63, 3.8) is 0 Å². The van der Waals surface area contributed by atoms with Crippen LogP contribution in [0.2, 0.25) is 0 Å². The first-order valence-corrected chi connectivity index (χ1v) is 4.02. The highest BCUT2D eigenvalue weighted by Gasteiger charge is 2.16. The van der Waals surface area contributed by atoms with Crippen LogP contribution in [-0.4, -0.2) is 30.4 Å². The Labute approximate surface area is 79.1 Å². The molecule has 0 amide bonds. The molecule has 0 radical (unpaired) electrons. The maximum Gasteiger partial charge on any atom is 0.239 e. The summed E-state index contributed by atoms with van der Waals surface area (Å²) in [6.45, 7) is 1.89. The highest BCUT2D eigenvalue weighted by Crippen LogP contribution is 2.17. The van der Waals surface area contributed by atoms with Crippen LogP contribution in [0.15, 0.2) is 0 Å². The van der Waals surface area contributed by atoms with Crippen LogP contribution in [0.4, 0.5) is 11.9 Å². The second-order valence-electron chi connectivity index (χ2n) is 2.88. The SMILES string of the molecule is CC(c1nc(N)n[nH]1)c1nc(N)n[nH]1. The van der Waals surface area contributed by atoms with Gasteiger partial charge in [0.2, 0.25) is 11.9 Å². The molecule has 0 bridgehead atoms. The molecule has 0 fully saturated rings. The van der Waals surface area contributed by atoms with Crippen LogP contribution in [0, 0.1) is 0 Å². The topological polar surface area (TPSA) is 135 Å². The largest absolute Gasteiger partial charge is 0.367 e. The molecule has 0 spiro atoms. The molecule has 0 aromatic carbocycles. The number of nitrogens with two attached hydrogens (primary N) is 2. The van der Waals surface area contributed by atoms with Gasteiger partial charge in [-0.05, 0) is 6.92 Å². The Balaban J connectivity index is 2.28. The Bertz CT molecular complexity index is 388. The molecule has 74 valence electrons. The van der Waals surface area contributed by atoms with Gasteiger partial charge in [-0.2, -0.15) is 9.97 Å². The molecule has 2 rings (SSSR count). The molecule has 2 aromatic rings. The molecular formula is C6H10N8. The van der Waals surface area contributed by atoms with Crippen molar-refractivity contribution in [3.8, 4) is 0 Å². The number of aromatic amines is 2. The van der Waals surface area contributed by atoms with E-state index in [2.05, 4.69) is 30.4 Å². The Hall–Kier alpha value is -2.12. The molecule has 0 aliphatic carbocycles. The molecule has 2 heterocycles. The van der Waals surface area contributed by atoms with Crippen LogP contribution in [0.3, 0.4) is 0 Å². The van der Waals surface area contributed by atoms with Crippen molar-refractivity contribution in [1.29, 1.82) is 0 Å². The van der Waals surface area contributed by atoms with E-state index in [0.29, 0.717) is 11.6 Å². The molecule has 2 aromatic heterocycles. The van der Waals surface area contributed by atoms with E-state index >= 15 is 0 Å². The van der Waals surface area contributed by atoms with Crippen molar-refractivity contribution in [2.45, 2.75) is 12.8 Å². The first-order valence-electron chi connectivity index (χ1n) is 4.02. The second kappa shape index (κ2) is 2.98. The Morgan fingerprint density at radius 1 is 1.00 bits per heavy atom. The van der Waals surface area contributed by atoms with E-state index in [0.717, 1.165) is 0 Å². The normalized spacial score (nSPS) is 11.0. The van der Waals surface area contributed by atoms with E-state index in [1.165, 1.54) is 0 Å². The standard InChI is InChI=1S/C6H10N8/c1-2(3-9-5(7)13-11-3)4-10-6(8)14-12-4/h2H,1H3,(H3,7,9,11,13)(H3,8,10,12,14). The zero-order valence-corrected chi connectivity index (χ0v) is 7.52. The quantitative estimate of drug-likeness (QED) is 0.496. The van der Waals surface area contributed by atoms with E-state index in [1.54, 1.807) is 0 Å². The fourth-order valence-electron chi connectivity index (χ4n) is 1.09. The average Bonchev–Trinajstić information content (AvgIpc) is 2.73. The number of anilines is 2. The lowest BCUT2D eigenvalue weighted by atomic mass is 10.1. The fourth-order valence-corrected chi connectivity index (χ4v) is 1.09. The zero-order chi connectivity index (χ0) is 10.1. The van der Waals surface area contributed by atoms with Crippen molar-refractivity contribution in [3.05, 3.63) is 11.6 Å². The molecule has 0 saturated carbocycles. The minimum absolute atomic E-state index is 0.0930. The second-order valence-corrected chi connectivity index (χ2v) is 2.88. The molecule has 6 N–H and O–H groups in total. The number of nitrogen functional groups attached to an aromatic ring is 2. The maximum absolute atomic E-state index is 5.38. The summed E-state index contributed by atoms with van der Waals surface area (Å²) in [4.78, 5) is 7.96. The number of nitrogens with one attached hydrogen (secondary N) is 2. The van der Waals surface area contributed by atoms with Gasteiger partial charge in [0.05, 0.1) is 5.92 Å². The van der Waals surface area contributed by atoms with Crippen molar-refractivity contribution in [2.24, 2.45) is 0 Å². The third kappa shape index (κ3) is 1.37. The van der Waals surface area contributed by atoms with Gasteiger partial charge in [-0.1, -0.05) is 0 Å². The average molecular weight is 194 g/mol. The van der Waals surface area contributed by atoms with Crippen molar-refractivity contribution in [1.82, 2.24) is 30.4 Å². The third-order valence-electron chi connectivity index (χ3n) is 1.86. The number of hydrogen-bond acceptors (Lipinski definition) is 6. The number of nitrogens with zero attached hydrogens (tertiary/aromatic N) is 4. The lowest BCUT2D eigenvalue weighted by molar-refractivity contribution is 0.761. The van der Waals surface area contributed by atoms with Gasteiger partial charge >= 0.3 is 0 Å².